The van der Waals surface area contributed by atoms with Crippen LogP contribution in [-0.2, 0) is 5.54 Å². The van der Waals surface area contributed by atoms with Crippen LogP contribution in [0.4, 0.5) is 5.69 Å². The van der Waals surface area contributed by atoms with E-state index in [4.69, 9.17) is 4.74 Å². The number of benzene rings is 4. The molecule has 0 unspecified atom stereocenters. The second-order valence-corrected chi connectivity index (χ2v) is 10.9. The molecule has 5 aromatic rings. The van der Waals surface area contributed by atoms with Gasteiger partial charge in [0.25, 0.3) is 0 Å². The molecule has 1 heterocycles. The average molecular weight is 559 g/mol. The van der Waals surface area contributed by atoms with Crippen LogP contribution in [0.3, 0.4) is 0 Å². The third-order valence-electron chi connectivity index (χ3n) is 6.80. The van der Waals surface area contributed by atoms with Gasteiger partial charge in [0, 0.05) is 23.0 Å². The molecule has 0 bridgehead atoms. The summed E-state index contributed by atoms with van der Waals surface area (Å²) in [6.45, 7) is 4.01. The highest BCUT2D eigenvalue weighted by molar-refractivity contribution is 7.97. The molecule has 1 aromatic heterocycles. The minimum absolute atomic E-state index is 0.00689. The van der Waals surface area contributed by atoms with Crippen molar-refractivity contribution in [3.63, 3.8) is 0 Å². The van der Waals surface area contributed by atoms with Gasteiger partial charge in [0.05, 0.1) is 11.8 Å². The largest absolute Gasteiger partial charge is 0.491 e. The highest BCUT2D eigenvalue weighted by Gasteiger charge is 2.37. The van der Waals surface area contributed by atoms with Gasteiger partial charge in [-0.1, -0.05) is 91.0 Å². The Kier molecular flexibility index (Phi) is 8.82. The lowest BCUT2D eigenvalue weighted by atomic mass is 9.76. The summed E-state index contributed by atoms with van der Waals surface area (Å²) < 4.78 is 9.16. The topological polar surface area (TPSA) is 70.0 Å². The first-order chi connectivity index (χ1) is 20.0. The summed E-state index contributed by atoms with van der Waals surface area (Å²) in [5, 5.41) is 14.1. The normalized spacial score (nSPS) is 11.3. The van der Waals surface area contributed by atoms with Gasteiger partial charge in [0.2, 0.25) is 0 Å². The van der Waals surface area contributed by atoms with E-state index in [1.165, 1.54) is 11.9 Å². The molecule has 0 saturated carbocycles. The van der Waals surface area contributed by atoms with Crippen LogP contribution in [0.5, 0.6) is 5.75 Å². The van der Waals surface area contributed by atoms with Gasteiger partial charge in [0.15, 0.2) is 0 Å². The first-order valence-corrected chi connectivity index (χ1v) is 14.5. The van der Waals surface area contributed by atoms with Crippen LogP contribution < -0.4 is 14.8 Å². The molecular weight excluding hydrogens is 524 g/mol. The molecule has 3 N–H and O–H groups in total. The third kappa shape index (κ3) is 6.19. The van der Waals surface area contributed by atoms with Gasteiger partial charge >= 0.3 is 0 Å². The molecule has 0 aliphatic heterocycles. The van der Waals surface area contributed by atoms with Gasteiger partial charge in [-0.05, 0) is 79.9 Å². The number of hydrogen-bond donors (Lipinski definition) is 3. The van der Waals surface area contributed by atoms with Crippen LogP contribution in [0.2, 0.25) is 0 Å². The standard InChI is InChI=1S/C35H34N4OS/c1-25(2)40-30-19-20-32(31(24-30)34(36)26-21-22-38-33(23-26)41-37-3)39-35(27-13-7-4-8-14-27,28-15-9-5-10-16-28)29-17-11-6-12-18-29/h4-25,36-37,39H,1-3H3. The minimum atomic E-state index is -0.732. The summed E-state index contributed by atoms with van der Waals surface area (Å²) in [5.41, 5.74) is 5.25. The van der Waals surface area contributed by atoms with Crippen LogP contribution >= 0.6 is 11.9 Å². The molecule has 41 heavy (non-hydrogen) atoms. The summed E-state index contributed by atoms with van der Waals surface area (Å²) in [5.74, 6) is 0.717. The predicted octanol–water partition coefficient (Wildman–Crippen LogP) is 7.92. The van der Waals surface area contributed by atoms with E-state index >= 15 is 0 Å². The van der Waals surface area contributed by atoms with E-state index in [-0.39, 0.29) is 6.10 Å². The Morgan fingerprint density at radius 3 is 1.85 bits per heavy atom. The van der Waals surface area contributed by atoms with Gasteiger partial charge in [-0.2, -0.15) is 0 Å². The fourth-order valence-electron chi connectivity index (χ4n) is 5.05. The third-order valence-corrected chi connectivity index (χ3v) is 7.44. The molecule has 0 spiro atoms. The highest BCUT2D eigenvalue weighted by Crippen LogP contribution is 2.41. The maximum atomic E-state index is 9.39. The number of anilines is 1. The summed E-state index contributed by atoms with van der Waals surface area (Å²) >= 11 is 1.42. The molecule has 0 atom stereocenters. The Morgan fingerprint density at radius 2 is 1.34 bits per heavy atom. The molecule has 5 rings (SSSR count). The molecule has 0 aliphatic carbocycles. The van der Waals surface area contributed by atoms with Crippen molar-refractivity contribution in [2.24, 2.45) is 0 Å². The van der Waals surface area contributed by atoms with Gasteiger partial charge in [-0.15, -0.1) is 0 Å². The molecule has 206 valence electrons. The molecule has 4 aromatic carbocycles. The van der Waals surface area contributed by atoms with Crippen molar-refractivity contribution < 1.29 is 4.74 Å². The maximum Gasteiger partial charge on any atom is 0.120 e. The Bertz CT molecular complexity index is 1490. The Hall–Kier alpha value is -4.39. The Morgan fingerprint density at radius 1 is 0.780 bits per heavy atom. The van der Waals surface area contributed by atoms with Gasteiger partial charge in [0.1, 0.15) is 16.3 Å². The Labute approximate surface area is 246 Å². The number of nitrogens with one attached hydrogen (secondary N) is 3. The summed E-state index contributed by atoms with van der Waals surface area (Å²) in [6.07, 6.45) is 1.75. The SMILES string of the molecule is CNSc1cc(C(=N)c2cc(OC(C)C)ccc2NC(c2ccccc2)(c2ccccc2)c2ccccc2)ccn1. The molecule has 0 radical (unpaired) electrons. The van der Waals surface area contributed by atoms with E-state index in [9.17, 15) is 5.41 Å². The lowest BCUT2D eigenvalue weighted by Crippen LogP contribution is -2.38. The second-order valence-electron chi connectivity index (χ2n) is 9.91. The smallest absolute Gasteiger partial charge is 0.120 e. The highest BCUT2D eigenvalue weighted by atomic mass is 32.2. The number of ether oxygens (including phenoxy) is 1. The summed E-state index contributed by atoms with van der Waals surface area (Å²) in [7, 11) is 1.86. The van der Waals surface area contributed by atoms with E-state index in [0.29, 0.717) is 11.5 Å². The molecule has 5 nitrogen and oxygen atoms in total. The molecular formula is C35H34N4OS. The fourth-order valence-corrected chi connectivity index (χ4v) is 5.56. The van der Waals surface area contributed by atoms with Crippen molar-refractivity contribution >= 4 is 23.3 Å². The van der Waals surface area contributed by atoms with E-state index in [2.05, 4.69) is 87.8 Å². The van der Waals surface area contributed by atoms with E-state index in [1.54, 1.807) is 6.20 Å². The monoisotopic (exact) mass is 558 g/mol. The number of pyridine rings is 1. The summed E-state index contributed by atoms with van der Waals surface area (Å²) in [4.78, 5) is 4.43. The number of rotatable bonds is 11. The van der Waals surface area contributed by atoms with Crippen molar-refractivity contribution in [1.82, 2.24) is 9.71 Å². The van der Waals surface area contributed by atoms with Crippen molar-refractivity contribution in [1.29, 1.82) is 5.41 Å². The zero-order chi connectivity index (χ0) is 28.7. The number of aromatic nitrogens is 1. The molecule has 0 fully saturated rings. The zero-order valence-corrected chi connectivity index (χ0v) is 24.3. The lowest BCUT2D eigenvalue weighted by Gasteiger charge is -2.38. The van der Waals surface area contributed by atoms with Crippen LogP contribution in [0.15, 0.2) is 133 Å². The van der Waals surface area contributed by atoms with E-state index < -0.39 is 5.54 Å². The van der Waals surface area contributed by atoms with Crippen molar-refractivity contribution in [2.75, 3.05) is 12.4 Å². The lowest BCUT2D eigenvalue weighted by molar-refractivity contribution is 0.242. The quantitative estimate of drug-likeness (QED) is 0.0873. The van der Waals surface area contributed by atoms with Crippen LogP contribution in [-0.4, -0.2) is 23.8 Å². The summed E-state index contributed by atoms with van der Waals surface area (Å²) in [6, 6.07) is 41.2. The van der Waals surface area contributed by atoms with Gasteiger partial charge < -0.3 is 10.1 Å². The predicted molar refractivity (Wildman–Crippen MR) is 170 cm³/mol. The molecule has 6 heteroatoms. The van der Waals surface area contributed by atoms with Crippen LogP contribution in [0.1, 0.15) is 41.7 Å². The Balaban J connectivity index is 1.73. The second kappa shape index (κ2) is 12.9. The maximum absolute atomic E-state index is 9.39. The average Bonchev–Trinajstić information content (AvgIpc) is 3.01. The molecule has 0 amide bonds. The molecule has 0 aliphatic rings. The van der Waals surface area contributed by atoms with Gasteiger partial charge in [-0.25, -0.2) is 4.98 Å². The first kappa shape index (κ1) is 28.1. The zero-order valence-electron chi connectivity index (χ0n) is 23.5. The number of nitrogens with zero attached hydrogens (tertiary/aromatic N) is 1. The van der Waals surface area contributed by atoms with Gasteiger partial charge in [-0.3, -0.25) is 10.1 Å². The van der Waals surface area contributed by atoms with Crippen LogP contribution in [0.25, 0.3) is 0 Å². The number of hydrogen-bond acceptors (Lipinski definition) is 6. The van der Waals surface area contributed by atoms with Crippen molar-refractivity contribution in [2.45, 2.75) is 30.5 Å². The first-order valence-electron chi connectivity index (χ1n) is 13.7. The molecule has 0 saturated heterocycles. The fraction of sp³-hybridized carbons (Fsp3) is 0.143. The van der Waals surface area contributed by atoms with E-state index in [0.717, 1.165) is 38.5 Å². The van der Waals surface area contributed by atoms with Crippen LogP contribution in [0, 0.1) is 5.41 Å². The van der Waals surface area contributed by atoms with Crippen molar-refractivity contribution in [3.8, 4) is 5.75 Å². The minimum Gasteiger partial charge on any atom is -0.491 e. The van der Waals surface area contributed by atoms with E-state index in [1.807, 2.05) is 69.4 Å². The van der Waals surface area contributed by atoms with Crippen molar-refractivity contribution in [3.05, 3.63) is 155 Å².